The van der Waals surface area contributed by atoms with E-state index in [4.69, 9.17) is 5.73 Å². The average Bonchev–Trinajstić information content (AvgIpc) is 1.90. The Morgan fingerprint density at radius 3 is 2.56 bits per heavy atom. The summed E-state index contributed by atoms with van der Waals surface area (Å²) in [5.74, 6) is 0. The summed E-state index contributed by atoms with van der Waals surface area (Å²) in [6, 6.07) is 10.5. The van der Waals surface area contributed by atoms with E-state index in [1.165, 1.54) is 0 Å². The zero-order valence-electron chi connectivity index (χ0n) is 5.09. The van der Waals surface area contributed by atoms with E-state index >= 15 is 0 Å². The number of benzene rings is 1. The minimum Gasteiger partial charge on any atom is -0.675 e. The van der Waals surface area contributed by atoms with Gasteiger partial charge in [0.2, 0.25) is 0 Å². The van der Waals surface area contributed by atoms with Gasteiger partial charge in [-0.2, -0.15) is 35.9 Å². The summed E-state index contributed by atoms with van der Waals surface area (Å²) in [5.41, 5.74) is 7.86. The Kier molecular flexibility index (Phi) is 5.26. The van der Waals surface area contributed by atoms with E-state index in [-0.39, 0.29) is 32.7 Å². The molecule has 0 fully saturated rings. The summed E-state index contributed by atoms with van der Waals surface area (Å²) < 4.78 is 0. The number of hydrogen-bond donors (Lipinski definition) is 0. The molecule has 0 aromatic heterocycles. The number of rotatable bonds is 1. The third-order valence-electron chi connectivity index (χ3n) is 0.964. The average molecular weight is 194 g/mol. The first-order valence-electron chi connectivity index (χ1n) is 2.53. The zero-order chi connectivity index (χ0) is 5.82. The molecular weight excluding hydrogens is 187 g/mol. The van der Waals surface area contributed by atoms with Crippen LogP contribution in [0.3, 0.4) is 0 Å². The molecule has 45 valence electrons. The molecule has 0 amide bonds. The molecule has 0 aliphatic rings. The molecule has 2 heteroatoms. The van der Waals surface area contributed by atoms with Crippen molar-refractivity contribution in [1.82, 2.24) is 0 Å². The molecule has 0 aliphatic carbocycles. The van der Waals surface area contributed by atoms with Crippen molar-refractivity contribution in [2.45, 2.75) is 6.54 Å². The van der Waals surface area contributed by atoms with Crippen LogP contribution in [-0.2, 0) is 39.3 Å². The molecule has 9 heavy (non-hydrogen) atoms. The van der Waals surface area contributed by atoms with E-state index in [0.717, 1.165) is 5.56 Å². The minimum absolute atomic E-state index is 0. The molecule has 0 bridgehead atoms. The van der Waals surface area contributed by atoms with Crippen LogP contribution in [-0.4, -0.2) is 0 Å². The third-order valence-corrected chi connectivity index (χ3v) is 0.964. The summed E-state index contributed by atoms with van der Waals surface area (Å²) in [6.07, 6.45) is 0. The van der Waals surface area contributed by atoms with Gasteiger partial charge in [0.05, 0.1) is 0 Å². The van der Waals surface area contributed by atoms with E-state index in [1.54, 1.807) is 0 Å². The number of nitrogens with one attached hydrogen (secondary N) is 1. The number of hydrogen-bond acceptors (Lipinski definition) is 0. The van der Waals surface area contributed by atoms with Crippen molar-refractivity contribution in [2.75, 3.05) is 0 Å². The van der Waals surface area contributed by atoms with Crippen LogP contribution in [0.2, 0.25) is 0 Å². The van der Waals surface area contributed by atoms with Gasteiger partial charge in [-0.25, -0.2) is 0 Å². The monoisotopic (exact) mass is 194 g/mol. The van der Waals surface area contributed by atoms with Crippen LogP contribution in [0.15, 0.2) is 24.3 Å². The molecule has 0 spiro atoms. The van der Waals surface area contributed by atoms with E-state index in [9.17, 15) is 0 Å². The van der Waals surface area contributed by atoms with Crippen LogP contribution in [0.1, 0.15) is 5.56 Å². The van der Waals surface area contributed by atoms with Crippen LogP contribution < -0.4 is 0 Å². The van der Waals surface area contributed by atoms with Gasteiger partial charge in [0, 0.05) is 32.7 Å². The first-order chi connectivity index (χ1) is 3.93. The Bertz CT molecular complexity index is 150. The van der Waals surface area contributed by atoms with Gasteiger partial charge in [0.25, 0.3) is 0 Å². The van der Waals surface area contributed by atoms with Crippen LogP contribution in [0, 0.1) is 6.07 Å². The van der Waals surface area contributed by atoms with Crippen LogP contribution >= 0.6 is 0 Å². The molecule has 1 nitrogen and oxygen atoms in total. The molecule has 1 aromatic rings. The van der Waals surface area contributed by atoms with Crippen molar-refractivity contribution in [3.05, 3.63) is 41.6 Å². The molecule has 0 saturated carbocycles. The second kappa shape index (κ2) is 5.10. The van der Waals surface area contributed by atoms with Gasteiger partial charge in [-0.15, -0.1) is 6.54 Å². The van der Waals surface area contributed by atoms with Crippen molar-refractivity contribution >= 4 is 0 Å². The standard InChI is InChI=1S/C7H7N.Y/c8-6-7-4-2-1-3-5-7;/h1-4,8H,6H2;/q-2;. The van der Waals surface area contributed by atoms with E-state index < -0.39 is 0 Å². The largest absolute Gasteiger partial charge is 0.675 e. The molecule has 1 aromatic carbocycles. The van der Waals surface area contributed by atoms with Gasteiger partial charge in [0.1, 0.15) is 0 Å². The molecular formula is C7H7NY-2. The van der Waals surface area contributed by atoms with Gasteiger partial charge < -0.3 is 5.73 Å². The fourth-order valence-electron chi connectivity index (χ4n) is 0.540. The topological polar surface area (TPSA) is 23.8 Å². The van der Waals surface area contributed by atoms with Crippen molar-refractivity contribution in [1.29, 1.82) is 0 Å². The second-order valence-electron chi connectivity index (χ2n) is 1.56. The molecule has 0 atom stereocenters. The van der Waals surface area contributed by atoms with Crippen LogP contribution in [0.5, 0.6) is 0 Å². The maximum absolute atomic E-state index is 6.91. The molecule has 0 saturated heterocycles. The summed E-state index contributed by atoms with van der Waals surface area (Å²) in [7, 11) is 0. The maximum Gasteiger partial charge on any atom is 0 e. The molecule has 1 rings (SSSR count). The fraction of sp³-hybridized carbons (Fsp3) is 0.143. The van der Waals surface area contributed by atoms with Crippen LogP contribution in [0.25, 0.3) is 5.73 Å². The first kappa shape index (κ1) is 9.28. The van der Waals surface area contributed by atoms with E-state index in [1.807, 2.05) is 24.3 Å². The fourth-order valence-corrected chi connectivity index (χ4v) is 0.540. The summed E-state index contributed by atoms with van der Waals surface area (Å²) in [4.78, 5) is 0. The molecule has 0 unspecified atom stereocenters. The minimum atomic E-state index is 0. The van der Waals surface area contributed by atoms with E-state index in [2.05, 4.69) is 6.07 Å². The zero-order valence-corrected chi connectivity index (χ0v) is 7.93. The van der Waals surface area contributed by atoms with Gasteiger partial charge >= 0.3 is 0 Å². The van der Waals surface area contributed by atoms with Crippen molar-refractivity contribution in [2.24, 2.45) is 0 Å². The molecule has 1 N–H and O–H groups in total. The van der Waals surface area contributed by atoms with Crippen molar-refractivity contribution in [3.8, 4) is 0 Å². The SMILES string of the molecule is [NH-]Cc1[c-]cccc1.[Y]. The predicted octanol–water partition coefficient (Wildman–Crippen LogP) is 2.04. The molecule has 0 aliphatic heterocycles. The smallest absolute Gasteiger partial charge is 0 e. The summed E-state index contributed by atoms with van der Waals surface area (Å²) in [6.45, 7) is 0.334. The molecule has 0 heterocycles. The summed E-state index contributed by atoms with van der Waals surface area (Å²) in [5, 5.41) is 0. The Labute approximate surface area is 80.5 Å². The Hall–Kier alpha value is 0.284. The normalized spacial score (nSPS) is 8.11. The first-order valence-corrected chi connectivity index (χ1v) is 2.53. The van der Waals surface area contributed by atoms with Gasteiger partial charge in [0.15, 0.2) is 0 Å². The molecule has 1 radical (unpaired) electrons. The Morgan fingerprint density at radius 2 is 2.22 bits per heavy atom. The predicted molar refractivity (Wildman–Crippen MR) is 33.3 cm³/mol. The van der Waals surface area contributed by atoms with E-state index in [0.29, 0.717) is 6.54 Å². The van der Waals surface area contributed by atoms with Crippen molar-refractivity contribution < 1.29 is 32.7 Å². The van der Waals surface area contributed by atoms with Crippen molar-refractivity contribution in [3.63, 3.8) is 0 Å². The quantitative estimate of drug-likeness (QED) is 0.611. The third kappa shape index (κ3) is 3.09. The second-order valence-corrected chi connectivity index (χ2v) is 1.56. The van der Waals surface area contributed by atoms with Gasteiger partial charge in [-0.05, 0) is 0 Å². The Morgan fingerprint density at radius 1 is 1.44 bits per heavy atom. The van der Waals surface area contributed by atoms with Crippen LogP contribution in [0.4, 0.5) is 0 Å². The van der Waals surface area contributed by atoms with Gasteiger partial charge in [-0.3, -0.25) is 0 Å². The Balaban J connectivity index is 0.000000640. The summed E-state index contributed by atoms with van der Waals surface area (Å²) >= 11 is 0. The maximum atomic E-state index is 6.91. The van der Waals surface area contributed by atoms with Gasteiger partial charge in [-0.1, -0.05) is 0 Å².